The fraction of sp³-hybridized carbons (Fsp3) is 0.583. The van der Waals surface area contributed by atoms with Crippen LogP contribution in [-0.2, 0) is 16.8 Å². The lowest BCUT2D eigenvalue weighted by Gasteiger charge is -2.31. The summed E-state index contributed by atoms with van der Waals surface area (Å²) in [4.78, 5) is 3.94. The van der Waals surface area contributed by atoms with E-state index in [-0.39, 0.29) is 0 Å². The standard InChI is InChI=1S/C12H20N4O2S/c1-2-15(11-12-3-5-13-6-4-12)19(17,18)16-9-7-14-8-10-16/h3-6,14H,2,7-11H2,1H3. The van der Waals surface area contributed by atoms with Crippen LogP contribution >= 0.6 is 0 Å². The van der Waals surface area contributed by atoms with E-state index in [4.69, 9.17) is 0 Å². The maximum atomic E-state index is 12.5. The molecule has 1 aliphatic rings. The Labute approximate surface area is 114 Å². The predicted molar refractivity (Wildman–Crippen MR) is 73.7 cm³/mol. The summed E-state index contributed by atoms with van der Waals surface area (Å²) in [6.45, 7) is 5.23. The van der Waals surface area contributed by atoms with Gasteiger partial charge in [0.2, 0.25) is 0 Å². The predicted octanol–water partition coefficient (Wildman–Crippen LogP) is 0.0535. The Kier molecular flexibility index (Phi) is 4.87. The zero-order valence-electron chi connectivity index (χ0n) is 11.1. The van der Waals surface area contributed by atoms with Crippen molar-refractivity contribution < 1.29 is 8.42 Å². The van der Waals surface area contributed by atoms with Crippen molar-refractivity contribution in [2.75, 3.05) is 32.7 Å². The Balaban J connectivity index is 2.11. The van der Waals surface area contributed by atoms with Crippen LogP contribution in [0.1, 0.15) is 12.5 Å². The van der Waals surface area contributed by atoms with E-state index in [9.17, 15) is 8.42 Å². The van der Waals surface area contributed by atoms with Crippen molar-refractivity contribution in [1.82, 2.24) is 18.9 Å². The molecule has 1 fully saturated rings. The van der Waals surface area contributed by atoms with Crippen LogP contribution in [0.5, 0.6) is 0 Å². The zero-order chi connectivity index (χ0) is 13.7. The Hall–Kier alpha value is -1.02. The molecule has 0 atom stereocenters. The molecule has 6 nitrogen and oxygen atoms in total. The van der Waals surface area contributed by atoms with Gasteiger partial charge in [0.25, 0.3) is 10.2 Å². The Morgan fingerprint density at radius 1 is 1.32 bits per heavy atom. The molecule has 1 saturated heterocycles. The normalized spacial score (nSPS) is 17.8. The molecule has 1 aliphatic heterocycles. The molecular formula is C12H20N4O2S. The van der Waals surface area contributed by atoms with Crippen molar-refractivity contribution in [3.8, 4) is 0 Å². The van der Waals surface area contributed by atoms with Crippen molar-refractivity contribution in [2.45, 2.75) is 13.5 Å². The number of hydrogen-bond donors (Lipinski definition) is 1. The summed E-state index contributed by atoms with van der Waals surface area (Å²) >= 11 is 0. The van der Waals surface area contributed by atoms with Gasteiger partial charge in [-0.15, -0.1) is 0 Å². The van der Waals surface area contributed by atoms with Gasteiger partial charge in [-0.3, -0.25) is 4.98 Å². The molecule has 7 heteroatoms. The van der Waals surface area contributed by atoms with E-state index < -0.39 is 10.2 Å². The Morgan fingerprint density at radius 2 is 1.95 bits per heavy atom. The number of hydrogen-bond acceptors (Lipinski definition) is 4. The lowest BCUT2D eigenvalue weighted by atomic mass is 10.3. The second kappa shape index (κ2) is 6.42. The van der Waals surface area contributed by atoms with Gasteiger partial charge in [-0.1, -0.05) is 6.92 Å². The first-order chi connectivity index (χ1) is 9.14. The van der Waals surface area contributed by atoms with Gasteiger partial charge in [0, 0.05) is 51.7 Å². The van der Waals surface area contributed by atoms with E-state index >= 15 is 0 Å². The summed E-state index contributed by atoms with van der Waals surface area (Å²) in [6, 6.07) is 3.69. The highest BCUT2D eigenvalue weighted by molar-refractivity contribution is 7.86. The number of rotatable bonds is 5. The van der Waals surface area contributed by atoms with Crippen molar-refractivity contribution in [3.05, 3.63) is 30.1 Å². The highest BCUT2D eigenvalue weighted by Gasteiger charge is 2.29. The number of nitrogens with one attached hydrogen (secondary N) is 1. The fourth-order valence-electron chi connectivity index (χ4n) is 2.09. The van der Waals surface area contributed by atoms with Crippen LogP contribution in [-0.4, -0.2) is 54.7 Å². The quantitative estimate of drug-likeness (QED) is 0.830. The monoisotopic (exact) mass is 284 g/mol. The summed E-state index contributed by atoms with van der Waals surface area (Å²) in [5.41, 5.74) is 0.954. The van der Waals surface area contributed by atoms with Gasteiger partial charge >= 0.3 is 0 Å². The summed E-state index contributed by atoms with van der Waals surface area (Å²) in [5, 5.41) is 3.16. The average Bonchev–Trinajstić information content (AvgIpc) is 2.46. The minimum Gasteiger partial charge on any atom is -0.314 e. The molecule has 0 unspecified atom stereocenters. The number of piperazine rings is 1. The van der Waals surface area contributed by atoms with Crippen LogP contribution in [0.25, 0.3) is 0 Å². The van der Waals surface area contributed by atoms with Crippen LogP contribution < -0.4 is 5.32 Å². The van der Waals surface area contributed by atoms with Gasteiger partial charge in [-0.05, 0) is 17.7 Å². The van der Waals surface area contributed by atoms with Crippen molar-refractivity contribution in [2.24, 2.45) is 0 Å². The number of pyridine rings is 1. The molecule has 106 valence electrons. The minimum absolute atomic E-state index is 0.394. The van der Waals surface area contributed by atoms with E-state index in [1.165, 1.54) is 4.31 Å². The van der Waals surface area contributed by atoms with Gasteiger partial charge in [0.15, 0.2) is 0 Å². The van der Waals surface area contributed by atoms with E-state index in [2.05, 4.69) is 10.3 Å². The number of aromatic nitrogens is 1. The van der Waals surface area contributed by atoms with Gasteiger partial charge in [-0.2, -0.15) is 17.0 Å². The molecule has 0 aromatic carbocycles. The molecule has 2 heterocycles. The summed E-state index contributed by atoms with van der Waals surface area (Å²) in [7, 11) is -3.37. The smallest absolute Gasteiger partial charge is 0.282 e. The lowest BCUT2D eigenvalue weighted by Crippen LogP contribution is -2.51. The third-order valence-corrected chi connectivity index (χ3v) is 5.25. The first kappa shape index (κ1) is 14.4. The Bertz CT molecular complexity index is 486. The highest BCUT2D eigenvalue weighted by Crippen LogP contribution is 2.13. The van der Waals surface area contributed by atoms with Gasteiger partial charge in [0.1, 0.15) is 0 Å². The molecule has 0 amide bonds. The molecule has 19 heavy (non-hydrogen) atoms. The first-order valence-corrected chi connectivity index (χ1v) is 7.89. The Morgan fingerprint density at radius 3 is 2.53 bits per heavy atom. The summed E-state index contributed by atoms with van der Waals surface area (Å²) in [6.07, 6.45) is 3.36. The molecule has 1 N–H and O–H groups in total. The molecule has 0 saturated carbocycles. The van der Waals surface area contributed by atoms with Crippen molar-refractivity contribution >= 4 is 10.2 Å². The maximum Gasteiger partial charge on any atom is 0.282 e. The van der Waals surface area contributed by atoms with Gasteiger partial charge in [-0.25, -0.2) is 0 Å². The van der Waals surface area contributed by atoms with Gasteiger partial charge in [0.05, 0.1) is 0 Å². The molecule has 2 rings (SSSR count). The molecule has 0 aliphatic carbocycles. The van der Waals surface area contributed by atoms with E-state index in [1.54, 1.807) is 16.7 Å². The van der Waals surface area contributed by atoms with Crippen LogP contribution in [0.15, 0.2) is 24.5 Å². The molecule has 1 aromatic rings. The van der Waals surface area contributed by atoms with Crippen LogP contribution in [0.2, 0.25) is 0 Å². The summed E-state index contributed by atoms with van der Waals surface area (Å²) < 4.78 is 28.1. The highest BCUT2D eigenvalue weighted by atomic mass is 32.2. The molecule has 0 spiro atoms. The largest absolute Gasteiger partial charge is 0.314 e. The van der Waals surface area contributed by atoms with Crippen LogP contribution in [0, 0.1) is 0 Å². The second-order valence-corrected chi connectivity index (χ2v) is 6.37. The van der Waals surface area contributed by atoms with E-state index in [0.717, 1.165) is 5.56 Å². The second-order valence-electron chi connectivity index (χ2n) is 4.44. The molecule has 0 radical (unpaired) electrons. The molecule has 0 bridgehead atoms. The zero-order valence-corrected chi connectivity index (χ0v) is 11.9. The van der Waals surface area contributed by atoms with E-state index in [0.29, 0.717) is 39.3 Å². The van der Waals surface area contributed by atoms with Crippen LogP contribution in [0.4, 0.5) is 0 Å². The molecular weight excluding hydrogens is 264 g/mol. The van der Waals surface area contributed by atoms with E-state index in [1.807, 2.05) is 19.1 Å². The fourth-order valence-corrected chi connectivity index (χ4v) is 3.70. The topological polar surface area (TPSA) is 65.5 Å². The number of nitrogens with zero attached hydrogens (tertiary/aromatic N) is 3. The third kappa shape index (κ3) is 3.50. The lowest BCUT2D eigenvalue weighted by molar-refractivity contribution is 0.312. The van der Waals surface area contributed by atoms with Crippen LogP contribution in [0.3, 0.4) is 0 Å². The third-order valence-electron chi connectivity index (χ3n) is 3.19. The van der Waals surface area contributed by atoms with Gasteiger partial charge < -0.3 is 5.32 Å². The SMILES string of the molecule is CCN(Cc1ccncc1)S(=O)(=O)N1CCNCC1. The average molecular weight is 284 g/mol. The first-order valence-electron chi connectivity index (χ1n) is 6.49. The maximum absolute atomic E-state index is 12.5. The van der Waals surface area contributed by atoms with Crippen molar-refractivity contribution in [1.29, 1.82) is 0 Å². The minimum atomic E-state index is -3.37. The summed E-state index contributed by atoms with van der Waals surface area (Å²) in [5.74, 6) is 0. The van der Waals surface area contributed by atoms with Crippen molar-refractivity contribution in [3.63, 3.8) is 0 Å². The molecule has 1 aromatic heterocycles.